The van der Waals surface area contributed by atoms with E-state index in [1.807, 2.05) is 13.0 Å². The highest BCUT2D eigenvalue weighted by Crippen LogP contribution is 2.25. The van der Waals surface area contributed by atoms with Crippen molar-refractivity contribution in [1.29, 1.82) is 0 Å². The largest absolute Gasteiger partial charge is 0.495 e. The first-order chi connectivity index (χ1) is 13.5. The van der Waals surface area contributed by atoms with E-state index in [0.29, 0.717) is 17.1 Å². The topological polar surface area (TPSA) is 80.3 Å². The third-order valence-electron chi connectivity index (χ3n) is 3.95. The number of amides is 2. The zero-order valence-electron chi connectivity index (χ0n) is 15.3. The molecule has 2 aromatic carbocycles. The van der Waals surface area contributed by atoms with Crippen molar-refractivity contribution >= 4 is 23.2 Å². The summed E-state index contributed by atoms with van der Waals surface area (Å²) >= 11 is 0. The summed E-state index contributed by atoms with van der Waals surface area (Å²) < 4.78 is 18.5. The maximum atomic E-state index is 13.3. The predicted octanol–water partition coefficient (Wildman–Crippen LogP) is 4.04. The average molecular weight is 379 g/mol. The highest BCUT2D eigenvalue weighted by molar-refractivity contribution is 6.08. The van der Waals surface area contributed by atoms with E-state index in [1.54, 1.807) is 18.2 Å². The molecule has 3 rings (SSSR count). The number of anilines is 2. The Labute approximate surface area is 161 Å². The molecule has 0 fully saturated rings. The van der Waals surface area contributed by atoms with Gasteiger partial charge in [-0.05, 0) is 48.9 Å². The van der Waals surface area contributed by atoms with E-state index >= 15 is 0 Å². The number of nitrogens with zero attached hydrogens (tertiary/aromatic N) is 1. The van der Waals surface area contributed by atoms with Crippen LogP contribution in [-0.2, 0) is 0 Å². The van der Waals surface area contributed by atoms with E-state index < -0.39 is 17.6 Å². The smallest absolute Gasteiger partial charge is 0.257 e. The second-order valence-corrected chi connectivity index (χ2v) is 6.08. The number of carbonyl (C=O) groups is 2. The van der Waals surface area contributed by atoms with Gasteiger partial charge in [0.25, 0.3) is 11.8 Å². The Morgan fingerprint density at radius 1 is 0.964 bits per heavy atom. The van der Waals surface area contributed by atoms with Crippen LogP contribution in [0, 0.1) is 12.7 Å². The number of methoxy groups -OCH3 is 1. The number of hydrogen-bond acceptors (Lipinski definition) is 4. The molecule has 0 saturated carbocycles. The molecule has 0 unspecified atom stereocenters. The first-order valence-corrected chi connectivity index (χ1v) is 8.44. The number of hydrogen-bond donors (Lipinski definition) is 2. The van der Waals surface area contributed by atoms with Crippen LogP contribution in [0.4, 0.5) is 15.8 Å². The number of aryl methyl sites for hydroxylation is 1. The summed E-state index contributed by atoms with van der Waals surface area (Å²) in [5.41, 5.74) is 2.16. The van der Waals surface area contributed by atoms with Crippen LogP contribution in [0.2, 0.25) is 0 Å². The highest BCUT2D eigenvalue weighted by Gasteiger charge is 2.14. The van der Waals surface area contributed by atoms with Gasteiger partial charge >= 0.3 is 0 Å². The Balaban J connectivity index is 1.78. The number of benzene rings is 2. The summed E-state index contributed by atoms with van der Waals surface area (Å²) in [4.78, 5) is 28.9. The number of carbonyl (C=O) groups excluding carboxylic acids is 2. The number of pyridine rings is 1. The number of ether oxygens (including phenoxy) is 1. The van der Waals surface area contributed by atoms with Gasteiger partial charge in [0.15, 0.2) is 0 Å². The summed E-state index contributed by atoms with van der Waals surface area (Å²) in [6, 6.07) is 12.4. The Hall–Kier alpha value is -3.74. The van der Waals surface area contributed by atoms with Crippen molar-refractivity contribution < 1.29 is 18.7 Å². The monoisotopic (exact) mass is 379 g/mol. The number of nitrogens with one attached hydrogen (secondary N) is 2. The zero-order valence-corrected chi connectivity index (χ0v) is 15.3. The Morgan fingerprint density at radius 2 is 1.68 bits per heavy atom. The molecule has 0 aliphatic rings. The fourth-order valence-corrected chi connectivity index (χ4v) is 2.57. The fourth-order valence-electron chi connectivity index (χ4n) is 2.57. The fraction of sp³-hybridized carbons (Fsp3) is 0.0952. The van der Waals surface area contributed by atoms with Crippen molar-refractivity contribution in [3.63, 3.8) is 0 Å². The van der Waals surface area contributed by atoms with Crippen molar-refractivity contribution in [2.75, 3.05) is 17.7 Å². The van der Waals surface area contributed by atoms with Crippen LogP contribution in [0.3, 0.4) is 0 Å². The molecule has 3 aromatic rings. The second kappa shape index (κ2) is 8.30. The summed E-state index contributed by atoms with van der Waals surface area (Å²) in [5.74, 6) is -0.874. The molecule has 142 valence electrons. The van der Waals surface area contributed by atoms with E-state index in [-0.39, 0.29) is 11.1 Å². The first-order valence-electron chi connectivity index (χ1n) is 8.44. The van der Waals surface area contributed by atoms with E-state index in [1.165, 1.54) is 43.8 Å². The SMILES string of the molecule is COc1ccc(C)cc1NC(=O)c1cncc(C(=O)Nc2cccc(F)c2)c1. The molecule has 1 heterocycles. The minimum atomic E-state index is -0.499. The number of rotatable bonds is 5. The first kappa shape index (κ1) is 19.0. The van der Waals surface area contributed by atoms with Crippen molar-refractivity contribution in [1.82, 2.24) is 4.98 Å². The quantitative estimate of drug-likeness (QED) is 0.701. The van der Waals surface area contributed by atoms with E-state index in [9.17, 15) is 14.0 Å². The summed E-state index contributed by atoms with van der Waals surface area (Å²) in [5, 5.41) is 5.33. The molecule has 0 aliphatic heterocycles. The zero-order chi connectivity index (χ0) is 20.1. The van der Waals surface area contributed by atoms with E-state index in [4.69, 9.17) is 4.74 Å². The lowest BCUT2D eigenvalue weighted by molar-refractivity contribution is 0.102. The summed E-state index contributed by atoms with van der Waals surface area (Å²) in [7, 11) is 1.51. The van der Waals surface area contributed by atoms with Crippen molar-refractivity contribution in [3.05, 3.63) is 83.4 Å². The Morgan fingerprint density at radius 3 is 2.36 bits per heavy atom. The van der Waals surface area contributed by atoms with Crippen LogP contribution >= 0.6 is 0 Å². The third kappa shape index (κ3) is 4.50. The van der Waals surface area contributed by atoms with Crippen LogP contribution in [0.1, 0.15) is 26.3 Å². The van der Waals surface area contributed by atoms with Crippen LogP contribution < -0.4 is 15.4 Å². The van der Waals surface area contributed by atoms with Crippen molar-refractivity contribution in [2.45, 2.75) is 6.92 Å². The van der Waals surface area contributed by atoms with Gasteiger partial charge in [0.05, 0.1) is 23.9 Å². The van der Waals surface area contributed by atoms with Crippen LogP contribution in [0.25, 0.3) is 0 Å². The van der Waals surface area contributed by atoms with Crippen LogP contribution in [0.5, 0.6) is 5.75 Å². The number of aromatic nitrogens is 1. The van der Waals surface area contributed by atoms with E-state index in [2.05, 4.69) is 15.6 Å². The second-order valence-electron chi connectivity index (χ2n) is 6.08. The average Bonchev–Trinajstić information content (AvgIpc) is 2.68. The summed E-state index contributed by atoms with van der Waals surface area (Å²) in [6.45, 7) is 1.90. The molecule has 2 N–H and O–H groups in total. The molecule has 0 saturated heterocycles. The summed E-state index contributed by atoms with van der Waals surface area (Å²) in [6.07, 6.45) is 2.69. The maximum absolute atomic E-state index is 13.3. The molecular weight excluding hydrogens is 361 g/mol. The van der Waals surface area contributed by atoms with Gasteiger partial charge in [0.2, 0.25) is 0 Å². The van der Waals surface area contributed by atoms with Gasteiger partial charge in [0, 0.05) is 18.1 Å². The van der Waals surface area contributed by atoms with Crippen molar-refractivity contribution in [3.8, 4) is 5.75 Å². The lowest BCUT2D eigenvalue weighted by atomic mass is 10.1. The predicted molar refractivity (Wildman–Crippen MR) is 104 cm³/mol. The molecular formula is C21H18FN3O3. The molecule has 0 bridgehead atoms. The molecule has 0 atom stereocenters. The number of halogens is 1. The normalized spacial score (nSPS) is 10.2. The standard InChI is InChI=1S/C21H18FN3O3/c1-13-6-7-19(28-2)18(8-13)25-21(27)15-9-14(11-23-12-15)20(26)24-17-5-3-4-16(22)10-17/h3-12H,1-2H3,(H,24,26)(H,25,27). The molecule has 1 aromatic heterocycles. The van der Waals surface area contributed by atoms with E-state index in [0.717, 1.165) is 5.56 Å². The Bertz CT molecular complexity index is 1040. The van der Waals surface area contributed by atoms with Crippen LogP contribution in [-0.4, -0.2) is 23.9 Å². The van der Waals surface area contributed by atoms with Gasteiger partial charge in [-0.25, -0.2) is 4.39 Å². The highest BCUT2D eigenvalue weighted by atomic mass is 19.1. The maximum Gasteiger partial charge on any atom is 0.257 e. The molecule has 28 heavy (non-hydrogen) atoms. The minimum absolute atomic E-state index is 0.174. The molecule has 0 spiro atoms. The van der Waals surface area contributed by atoms with Gasteiger partial charge in [-0.1, -0.05) is 12.1 Å². The lowest BCUT2D eigenvalue weighted by Gasteiger charge is -2.11. The van der Waals surface area contributed by atoms with Gasteiger partial charge < -0.3 is 15.4 Å². The third-order valence-corrected chi connectivity index (χ3v) is 3.95. The van der Waals surface area contributed by atoms with Crippen LogP contribution in [0.15, 0.2) is 60.9 Å². The molecule has 2 amide bonds. The van der Waals surface area contributed by atoms with Gasteiger partial charge in [-0.3, -0.25) is 14.6 Å². The molecule has 0 radical (unpaired) electrons. The molecule has 7 heteroatoms. The van der Waals surface area contributed by atoms with Gasteiger partial charge in [-0.2, -0.15) is 0 Å². The molecule has 0 aliphatic carbocycles. The minimum Gasteiger partial charge on any atom is -0.495 e. The van der Waals surface area contributed by atoms with Crippen molar-refractivity contribution in [2.24, 2.45) is 0 Å². The Kier molecular flexibility index (Phi) is 5.64. The van der Waals surface area contributed by atoms with Gasteiger partial charge in [0.1, 0.15) is 11.6 Å². The molecule has 6 nitrogen and oxygen atoms in total. The lowest BCUT2D eigenvalue weighted by Crippen LogP contribution is -2.16. The van der Waals surface area contributed by atoms with Gasteiger partial charge in [-0.15, -0.1) is 0 Å².